The molecule has 69 heavy (non-hydrogen) atoms. The Hall–Kier alpha value is -1.92. The molecule has 0 heterocycles. The van der Waals surface area contributed by atoms with Crippen LogP contribution in [0.25, 0.3) is 0 Å². The van der Waals surface area contributed by atoms with Gasteiger partial charge >= 0.3 is 5.97 Å². The van der Waals surface area contributed by atoms with Crippen molar-refractivity contribution in [2.45, 2.75) is 341 Å². The maximum Gasteiger partial charge on any atom is 0.305 e. The lowest BCUT2D eigenvalue weighted by atomic mass is 10.0. The van der Waals surface area contributed by atoms with E-state index in [1.807, 2.05) is 0 Å². The maximum atomic E-state index is 12.5. The zero-order valence-corrected chi connectivity index (χ0v) is 46.3. The maximum absolute atomic E-state index is 12.5. The van der Waals surface area contributed by atoms with Crippen LogP contribution in [0.5, 0.6) is 0 Å². The van der Waals surface area contributed by atoms with E-state index < -0.39 is 12.1 Å². The number of esters is 1. The fourth-order valence-corrected chi connectivity index (χ4v) is 9.43. The Balaban J connectivity index is 3.47. The molecule has 6 heteroatoms. The molecule has 0 fully saturated rings. The molecule has 406 valence electrons. The number of amides is 1. The van der Waals surface area contributed by atoms with Crippen LogP contribution in [0.15, 0.2) is 36.5 Å². The molecule has 2 unspecified atom stereocenters. The van der Waals surface area contributed by atoms with E-state index in [1.54, 1.807) is 0 Å². The number of aliphatic hydroxyl groups excluding tert-OH is 2. The zero-order valence-electron chi connectivity index (χ0n) is 46.3. The van der Waals surface area contributed by atoms with E-state index in [1.165, 1.54) is 225 Å². The van der Waals surface area contributed by atoms with Crippen LogP contribution in [0, 0.1) is 0 Å². The quantitative estimate of drug-likeness (QED) is 0.0321. The van der Waals surface area contributed by atoms with Crippen LogP contribution in [-0.2, 0) is 14.3 Å². The topological polar surface area (TPSA) is 95.9 Å². The van der Waals surface area contributed by atoms with Gasteiger partial charge in [0.2, 0.25) is 5.91 Å². The second kappa shape index (κ2) is 58.6. The van der Waals surface area contributed by atoms with Crippen LogP contribution in [0.2, 0.25) is 0 Å². The van der Waals surface area contributed by atoms with Gasteiger partial charge in [0.05, 0.1) is 25.4 Å². The van der Waals surface area contributed by atoms with Crippen molar-refractivity contribution in [2.75, 3.05) is 13.2 Å². The number of allylic oxidation sites excluding steroid dienone is 6. The molecule has 0 aromatic rings. The summed E-state index contributed by atoms with van der Waals surface area (Å²) in [6.45, 7) is 4.92. The predicted molar refractivity (Wildman–Crippen MR) is 301 cm³/mol. The number of aliphatic hydroxyl groups is 2. The first kappa shape index (κ1) is 67.1. The average Bonchev–Trinajstić information content (AvgIpc) is 3.35. The number of hydrogen-bond acceptors (Lipinski definition) is 5. The van der Waals surface area contributed by atoms with Gasteiger partial charge in [0, 0.05) is 12.8 Å². The van der Waals surface area contributed by atoms with E-state index in [0.29, 0.717) is 25.9 Å². The molecular formula is C63H119NO5. The van der Waals surface area contributed by atoms with E-state index in [2.05, 4.69) is 55.6 Å². The third kappa shape index (κ3) is 55.2. The van der Waals surface area contributed by atoms with Gasteiger partial charge in [-0.15, -0.1) is 0 Å². The van der Waals surface area contributed by atoms with Gasteiger partial charge < -0.3 is 20.3 Å². The Morgan fingerprint density at radius 3 is 1.13 bits per heavy atom. The number of carbonyl (C=O) groups is 2. The van der Waals surface area contributed by atoms with Crippen LogP contribution in [0.3, 0.4) is 0 Å². The summed E-state index contributed by atoms with van der Waals surface area (Å²) in [5, 5.41) is 23.3. The summed E-state index contributed by atoms with van der Waals surface area (Å²) in [5.41, 5.74) is 0. The SMILES string of the molecule is CCCCCC/C=C\C/C=C\CCCCCCCC(=O)OCCCCCCCCC/C=C\CCCCCCCC(=O)NC(CO)C(O)CCCCCCCCCCCCCCCCCCCCCC. The first-order valence-corrected chi connectivity index (χ1v) is 30.7. The number of hydrogen-bond donors (Lipinski definition) is 3. The van der Waals surface area contributed by atoms with Gasteiger partial charge in [0.25, 0.3) is 0 Å². The van der Waals surface area contributed by atoms with Crippen molar-refractivity contribution in [1.82, 2.24) is 5.32 Å². The molecule has 0 aromatic carbocycles. The molecule has 0 saturated heterocycles. The van der Waals surface area contributed by atoms with Crippen molar-refractivity contribution in [3.63, 3.8) is 0 Å². The number of unbranched alkanes of at least 4 members (excludes halogenated alkanes) is 40. The third-order valence-corrected chi connectivity index (χ3v) is 14.2. The molecule has 0 spiro atoms. The highest BCUT2D eigenvalue weighted by atomic mass is 16.5. The molecule has 1 amide bonds. The van der Waals surface area contributed by atoms with Gasteiger partial charge in [0.15, 0.2) is 0 Å². The van der Waals surface area contributed by atoms with Crippen molar-refractivity contribution >= 4 is 11.9 Å². The predicted octanol–water partition coefficient (Wildman–Crippen LogP) is 19.2. The molecule has 0 saturated carbocycles. The number of ether oxygens (including phenoxy) is 1. The van der Waals surface area contributed by atoms with Crippen LogP contribution in [0.4, 0.5) is 0 Å². The highest BCUT2D eigenvalue weighted by Crippen LogP contribution is 2.17. The summed E-state index contributed by atoms with van der Waals surface area (Å²) in [7, 11) is 0. The number of rotatable bonds is 57. The van der Waals surface area contributed by atoms with Crippen molar-refractivity contribution < 1.29 is 24.5 Å². The van der Waals surface area contributed by atoms with Gasteiger partial charge in [-0.2, -0.15) is 0 Å². The first-order valence-electron chi connectivity index (χ1n) is 30.7. The van der Waals surface area contributed by atoms with Crippen molar-refractivity contribution in [1.29, 1.82) is 0 Å². The van der Waals surface area contributed by atoms with Crippen LogP contribution in [0.1, 0.15) is 328 Å². The molecule has 0 radical (unpaired) electrons. The Labute approximate surface area is 430 Å². The molecule has 0 aliphatic carbocycles. The second-order valence-electron chi connectivity index (χ2n) is 21.0. The summed E-state index contributed by atoms with van der Waals surface area (Å²) in [5.74, 6) is -0.0662. The van der Waals surface area contributed by atoms with Crippen LogP contribution >= 0.6 is 0 Å². The fraction of sp³-hybridized carbons (Fsp3) is 0.873. The van der Waals surface area contributed by atoms with E-state index in [9.17, 15) is 19.8 Å². The normalized spacial score (nSPS) is 12.8. The highest BCUT2D eigenvalue weighted by Gasteiger charge is 2.20. The van der Waals surface area contributed by atoms with Crippen molar-refractivity contribution in [3.05, 3.63) is 36.5 Å². The first-order chi connectivity index (χ1) is 34.0. The Morgan fingerprint density at radius 1 is 0.406 bits per heavy atom. The van der Waals surface area contributed by atoms with Gasteiger partial charge in [0.1, 0.15) is 0 Å². The van der Waals surface area contributed by atoms with E-state index in [0.717, 1.165) is 70.6 Å². The molecule has 0 aromatic heterocycles. The Kier molecular flexibility index (Phi) is 57.0. The van der Waals surface area contributed by atoms with E-state index in [4.69, 9.17) is 4.74 Å². The lowest BCUT2D eigenvalue weighted by molar-refractivity contribution is -0.143. The summed E-state index contributed by atoms with van der Waals surface area (Å²) >= 11 is 0. The van der Waals surface area contributed by atoms with Crippen LogP contribution in [-0.4, -0.2) is 47.4 Å². The minimum absolute atomic E-state index is 0.0159. The van der Waals surface area contributed by atoms with E-state index >= 15 is 0 Å². The van der Waals surface area contributed by atoms with Gasteiger partial charge in [-0.3, -0.25) is 9.59 Å². The Morgan fingerprint density at radius 2 is 0.725 bits per heavy atom. The standard InChI is InChI=1S/C63H119NO5/c1-3-5-7-9-11-13-15-17-19-21-22-23-24-27-31-35-39-43-47-51-55-61(66)60(59-65)64-62(67)56-52-48-44-40-36-32-28-25-26-30-34-38-42-46-50-54-58-69-63(68)57-53-49-45-41-37-33-29-20-18-16-14-12-10-8-6-4-2/h14,16,20,25,28-29,60-61,65-66H,3-13,15,17-19,21-24,26-27,30-59H2,1-2H3,(H,64,67)/b16-14-,28-25-,29-20-. The molecule has 0 aliphatic rings. The molecule has 0 bridgehead atoms. The third-order valence-electron chi connectivity index (χ3n) is 14.2. The summed E-state index contributed by atoms with van der Waals surface area (Å²) in [6.07, 6.45) is 72.8. The van der Waals surface area contributed by atoms with Crippen LogP contribution < -0.4 is 5.32 Å². The molecule has 0 aliphatic heterocycles. The molecular weight excluding hydrogens is 851 g/mol. The monoisotopic (exact) mass is 970 g/mol. The smallest absolute Gasteiger partial charge is 0.305 e. The minimum Gasteiger partial charge on any atom is -0.466 e. The zero-order chi connectivity index (χ0) is 50.0. The Bertz CT molecular complexity index is 1120. The fourth-order valence-electron chi connectivity index (χ4n) is 9.43. The van der Waals surface area contributed by atoms with Gasteiger partial charge in [-0.05, 0) is 83.5 Å². The second-order valence-corrected chi connectivity index (χ2v) is 21.0. The molecule has 3 N–H and O–H groups in total. The lowest BCUT2D eigenvalue weighted by Gasteiger charge is -2.22. The molecule has 0 rings (SSSR count). The molecule has 6 nitrogen and oxygen atoms in total. The summed E-state index contributed by atoms with van der Waals surface area (Å²) in [6, 6.07) is -0.555. The summed E-state index contributed by atoms with van der Waals surface area (Å²) in [4.78, 5) is 24.6. The van der Waals surface area contributed by atoms with Crippen molar-refractivity contribution in [2.24, 2.45) is 0 Å². The lowest BCUT2D eigenvalue weighted by Crippen LogP contribution is -2.45. The van der Waals surface area contributed by atoms with E-state index in [-0.39, 0.29) is 18.5 Å². The highest BCUT2D eigenvalue weighted by molar-refractivity contribution is 5.76. The average molecular weight is 971 g/mol. The van der Waals surface area contributed by atoms with Gasteiger partial charge in [-0.1, -0.05) is 269 Å². The largest absolute Gasteiger partial charge is 0.466 e. The minimum atomic E-state index is -0.677. The molecule has 2 atom stereocenters. The number of carbonyl (C=O) groups excluding carboxylic acids is 2. The summed E-state index contributed by atoms with van der Waals surface area (Å²) < 4.78 is 5.47. The van der Waals surface area contributed by atoms with Gasteiger partial charge in [-0.25, -0.2) is 0 Å². The van der Waals surface area contributed by atoms with Crippen molar-refractivity contribution in [3.8, 4) is 0 Å². The number of nitrogens with one attached hydrogen (secondary N) is 1.